The number of aliphatic imine (C=N–C) groups is 1. The molecule has 1 heterocycles. The zero-order valence-electron chi connectivity index (χ0n) is 17.0. The highest BCUT2D eigenvalue weighted by molar-refractivity contribution is 7.90. The largest absolute Gasteiger partial charge is 0.477 e. The van der Waals surface area contributed by atoms with E-state index in [9.17, 15) is 26.4 Å². The molecule has 1 aromatic heterocycles. The molecule has 14 heteroatoms. The molecule has 0 atom stereocenters. The second kappa shape index (κ2) is 9.27. The van der Waals surface area contributed by atoms with Gasteiger partial charge in [0.15, 0.2) is 9.84 Å². The van der Waals surface area contributed by atoms with Crippen molar-refractivity contribution in [2.45, 2.75) is 11.1 Å². The van der Waals surface area contributed by atoms with Gasteiger partial charge in [0.25, 0.3) is 5.89 Å². The van der Waals surface area contributed by atoms with Crippen LogP contribution in [-0.4, -0.2) is 41.7 Å². The maximum absolute atomic E-state index is 13.4. The van der Waals surface area contributed by atoms with E-state index in [4.69, 9.17) is 26.9 Å². The summed E-state index contributed by atoms with van der Waals surface area (Å²) in [5.74, 6) is -2.44. The molecule has 0 spiro atoms. The van der Waals surface area contributed by atoms with Gasteiger partial charge >= 0.3 is 12.1 Å². The summed E-state index contributed by atoms with van der Waals surface area (Å²) in [5.41, 5.74) is 2.32. The van der Waals surface area contributed by atoms with Crippen LogP contribution in [0.25, 0.3) is 11.5 Å². The number of hydrogen-bond acceptors (Lipinski definition) is 8. The maximum Gasteiger partial charge on any atom is 0.418 e. The van der Waals surface area contributed by atoms with Gasteiger partial charge < -0.3 is 15.3 Å². The summed E-state index contributed by atoms with van der Waals surface area (Å²) in [6, 6.07) is 9.66. The molecular formula is C20H14ClF3N4O5S. The van der Waals surface area contributed by atoms with E-state index >= 15 is 0 Å². The number of carbonyl (C=O) groups is 1. The number of allylic oxidation sites excluding steroid dienone is 1. The molecule has 0 saturated carbocycles. The van der Waals surface area contributed by atoms with Crippen LogP contribution in [0.2, 0.25) is 0 Å². The molecule has 9 nitrogen and oxygen atoms in total. The predicted octanol–water partition coefficient (Wildman–Crippen LogP) is 3.77. The zero-order valence-corrected chi connectivity index (χ0v) is 18.6. The lowest BCUT2D eigenvalue weighted by atomic mass is 10.1. The van der Waals surface area contributed by atoms with Crippen molar-refractivity contribution in [1.29, 1.82) is 0 Å². The van der Waals surface area contributed by atoms with E-state index in [1.165, 1.54) is 30.3 Å². The number of sulfone groups is 1. The van der Waals surface area contributed by atoms with Gasteiger partial charge in [0.05, 0.1) is 16.1 Å². The number of halogens is 4. The Morgan fingerprint density at radius 3 is 2.44 bits per heavy atom. The highest BCUT2D eigenvalue weighted by Crippen LogP contribution is 2.37. The van der Waals surface area contributed by atoms with Gasteiger partial charge in [-0.25, -0.2) is 18.2 Å². The van der Waals surface area contributed by atoms with E-state index in [1.54, 1.807) is 0 Å². The highest BCUT2D eigenvalue weighted by atomic mass is 35.5. The van der Waals surface area contributed by atoms with Crippen LogP contribution in [0.3, 0.4) is 0 Å². The number of hydrogen-bond donors (Lipinski definition) is 2. The fraction of sp³-hybridized carbons (Fsp3) is 0.100. The van der Waals surface area contributed by atoms with Gasteiger partial charge in [0, 0.05) is 11.8 Å². The van der Waals surface area contributed by atoms with Crippen molar-refractivity contribution in [3.05, 3.63) is 70.7 Å². The fourth-order valence-electron chi connectivity index (χ4n) is 2.64. The third-order valence-electron chi connectivity index (χ3n) is 4.25. The number of aromatic nitrogens is 2. The van der Waals surface area contributed by atoms with Gasteiger partial charge in [-0.2, -0.15) is 13.2 Å². The predicted molar refractivity (Wildman–Crippen MR) is 115 cm³/mol. The second-order valence-electron chi connectivity index (χ2n) is 6.72. The number of nitrogens with zero attached hydrogens (tertiary/aromatic N) is 3. The Morgan fingerprint density at radius 2 is 1.82 bits per heavy atom. The second-order valence-corrected chi connectivity index (χ2v) is 9.11. The standard InChI is InChI=1S/C20H14ClF3N4O5S/c1-34(31,32)11-6-4-5-10(9-11)17-27-28-18(33-17)16(14(21)15(25)19(29)30)26-13-8-3-2-7-12(13)20(22,23)24/h2-9H,25H2,1H3,(H,29,30). The number of carboxylic acids is 1. The molecule has 3 aromatic rings. The van der Waals surface area contributed by atoms with Gasteiger partial charge in [-0.05, 0) is 30.3 Å². The number of carboxylic acid groups (broad SMARTS) is 1. The lowest BCUT2D eigenvalue weighted by Crippen LogP contribution is -2.16. The zero-order chi connectivity index (χ0) is 25.3. The molecule has 0 unspecified atom stereocenters. The Balaban J connectivity index is 2.20. The van der Waals surface area contributed by atoms with E-state index in [1.807, 2.05) is 0 Å². The van der Waals surface area contributed by atoms with Crippen LogP contribution in [0.15, 0.2) is 73.6 Å². The molecule has 0 amide bonds. The van der Waals surface area contributed by atoms with Gasteiger partial charge in [-0.3, -0.25) is 0 Å². The monoisotopic (exact) mass is 514 g/mol. The Bertz CT molecular complexity index is 1430. The van der Waals surface area contributed by atoms with E-state index < -0.39 is 55.6 Å². The molecule has 34 heavy (non-hydrogen) atoms. The van der Waals surface area contributed by atoms with Crippen molar-refractivity contribution in [1.82, 2.24) is 10.2 Å². The number of nitrogens with two attached hydrogens (primary N) is 1. The molecule has 0 aliphatic carbocycles. The number of alkyl halides is 3. The molecule has 0 saturated heterocycles. The van der Waals surface area contributed by atoms with E-state index in [-0.39, 0.29) is 16.3 Å². The van der Waals surface area contributed by atoms with Crippen molar-refractivity contribution in [3.8, 4) is 11.5 Å². The third-order valence-corrected chi connectivity index (χ3v) is 5.75. The van der Waals surface area contributed by atoms with Gasteiger partial charge in [-0.15, -0.1) is 10.2 Å². The molecule has 0 aliphatic heterocycles. The van der Waals surface area contributed by atoms with E-state index in [2.05, 4.69) is 15.2 Å². The van der Waals surface area contributed by atoms with Gasteiger partial charge in [0.2, 0.25) is 5.89 Å². The number of para-hydroxylation sites is 1. The molecule has 2 aromatic carbocycles. The molecule has 0 bridgehead atoms. The minimum Gasteiger partial charge on any atom is -0.477 e. The Kier molecular flexibility index (Phi) is 6.79. The number of aliphatic carboxylic acids is 1. The molecule has 178 valence electrons. The van der Waals surface area contributed by atoms with Crippen LogP contribution < -0.4 is 5.73 Å². The average molecular weight is 515 g/mol. The van der Waals surface area contributed by atoms with Crippen LogP contribution >= 0.6 is 11.6 Å². The van der Waals surface area contributed by atoms with Crippen LogP contribution in [0.4, 0.5) is 18.9 Å². The summed E-state index contributed by atoms with van der Waals surface area (Å²) >= 11 is 6.04. The lowest BCUT2D eigenvalue weighted by molar-refractivity contribution is -0.137. The number of benzene rings is 2. The minimum absolute atomic E-state index is 0.0502. The van der Waals surface area contributed by atoms with Crippen LogP contribution in [-0.2, 0) is 20.8 Å². The summed E-state index contributed by atoms with van der Waals surface area (Å²) in [7, 11) is -3.57. The smallest absolute Gasteiger partial charge is 0.418 e. The third kappa shape index (κ3) is 5.43. The summed E-state index contributed by atoms with van der Waals surface area (Å²) in [4.78, 5) is 15.1. The van der Waals surface area contributed by atoms with Gasteiger partial charge in [0.1, 0.15) is 16.4 Å². The van der Waals surface area contributed by atoms with E-state index in [0.717, 1.165) is 24.5 Å². The topological polar surface area (TPSA) is 149 Å². The molecule has 3 rings (SSSR count). The number of rotatable bonds is 6. The summed E-state index contributed by atoms with van der Waals surface area (Å²) < 4.78 is 69.3. The van der Waals surface area contributed by atoms with Crippen molar-refractivity contribution in [3.63, 3.8) is 0 Å². The molecule has 3 N–H and O–H groups in total. The summed E-state index contributed by atoms with van der Waals surface area (Å²) in [6.07, 6.45) is -3.79. The molecule has 0 aliphatic rings. The Hall–Kier alpha value is -3.71. The first-order valence-electron chi connectivity index (χ1n) is 9.07. The van der Waals surface area contributed by atoms with Crippen molar-refractivity contribution < 1.29 is 35.9 Å². The average Bonchev–Trinajstić information content (AvgIpc) is 3.25. The molecular weight excluding hydrogens is 501 g/mol. The fourth-order valence-corrected chi connectivity index (χ4v) is 3.51. The normalized spacial score (nSPS) is 13.5. The quantitative estimate of drug-likeness (QED) is 0.373. The SMILES string of the molecule is CS(=O)(=O)c1cccc(-c2nnc(C(=Nc3ccccc3C(F)(F)F)C(Cl)=C(N)C(=O)O)o2)c1. The highest BCUT2D eigenvalue weighted by Gasteiger charge is 2.34. The first kappa shape index (κ1) is 24.9. The van der Waals surface area contributed by atoms with E-state index in [0.29, 0.717) is 0 Å². The molecule has 0 radical (unpaired) electrons. The Morgan fingerprint density at radius 1 is 1.15 bits per heavy atom. The minimum atomic E-state index is -4.79. The van der Waals surface area contributed by atoms with Crippen molar-refractivity contribution in [2.75, 3.05) is 6.26 Å². The summed E-state index contributed by atoms with van der Waals surface area (Å²) in [5, 5.41) is 15.9. The van der Waals surface area contributed by atoms with Crippen molar-refractivity contribution in [2.24, 2.45) is 10.7 Å². The first-order valence-corrected chi connectivity index (χ1v) is 11.3. The molecule has 0 fully saturated rings. The Labute approximate surface area is 195 Å². The summed E-state index contributed by atoms with van der Waals surface area (Å²) in [6.45, 7) is 0. The van der Waals surface area contributed by atoms with Crippen LogP contribution in [0.1, 0.15) is 11.5 Å². The van der Waals surface area contributed by atoms with Crippen molar-refractivity contribution >= 4 is 38.8 Å². The lowest BCUT2D eigenvalue weighted by Gasteiger charge is -2.10. The maximum atomic E-state index is 13.4. The van der Waals surface area contributed by atoms with Crippen LogP contribution in [0, 0.1) is 0 Å². The van der Waals surface area contributed by atoms with Crippen LogP contribution in [0.5, 0.6) is 0 Å². The van der Waals surface area contributed by atoms with Gasteiger partial charge in [-0.1, -0.05) is 29.8 Å². The first-order chi connectivity index (χ1) is 15.8.